The van der Waals surface area contributed by atoms with Crippen molar-refractivity contribution in [1.82, 2.24) is 20.1 Å². The minimum absolute atomic E-state index is 0.0300. The van der Waals surface area contributed by atoms with Crippen LogP contribution in [0.3, 0.4) is 0 Å². The Balaban J connectivity index is 1.54. The number of nitrogens with one attached hydrogen (secondary N) is 1. The molecule has 6 nitrogen and oxygen atoms in total. The van der Waals surface area contributed by atoms with Gasteiger partial charge in [0.15, 0.2) is 16.7 Å². The average molecular weight is 419 g/mol. The van der Waals surface area contributed by atoms with E-state index in [9.17, 15) is 4.79 Å². The first-order valence-electron chi connectivity index (χ1n) is 9.14. The van der Waals surface area contributed by atoms with Crippen LogP contribution in [-0.4, -0.2) is 33.0 Å². The molecule has 2 aromatic heterocycles. The minimum Gasteiger partial charge on any atom is -0.461 e. The third-order valence-electron chi connectivity index (χ3n) is 3.99. The van der Waals surface area contributed by atoms with Crippen molar-refractivity contribution in [3.05, 3.63) is 53.2 Å². The number of aromatic nitrogens is 3. The summed E-state index contributed by atoms with van der Waals surface area (Å²) in [5.41, 5.74) is 1.14. The molecule has 2 heterocycles. The van der Waals surface area contributed by atoms with E-state index in [1.54, 1.807) is 6.26 Å². The van der Waals surface area contributed by atoms with Crippen LogP contribution >= 0.6 is 23.4 Å². The molecule has 0 fully saturated rings. The summed E-state index contributed by atoms with van der Waals surface area (Å²) in [6, 6.07) is 11.3. The Bertz CT molecular complexity index is 892. The van der Waals surface area contributed by atoms with Crippen LogP contribution in [0.5, 0.6) is 0 Å². The summed E-state index contributed by atoms with van der Waals surface area (Å²) in [5.74, 6) is 2.03. The third kappa shape index (κ3) is 5.62. The predicted octanol–water partition coefficient (Wildman–Crippen LogP) is 4.30. The van der Waals surface area contributed by atoms with Crippen molar-refractivity contribution in [3.63, 3.8) is 0 Å². The number of hydrogen-bond donors (Lipinski definition) is 1. The molecule has 28 heavy (non-hydrogen) atoms. The molecule has 0 bridgehead atoms. The number of rotatable bonds is 9. The molecular formula is C20H23ClN4O2S. The number of benzene rings is 1. The van der Waals surface area contributed by atoms with Crippen LogP contribution < -0.4 is 5.32 Å². The van der Waals surface area contributed by atoms with E-state index >= 15 is 0 Å². The topological polar surface area (TPSA) is 73.0 Å². The van der Waals surface area contributed by atoms with E-state index in [4.69, 9.17) is 16.0 Å². The van der Waals surface area contributed by atoms with Crippen LogP contribution in [0.25, 0.3) is 11.6 Å². The SMILES string of the molecule is CC(C)Cn1c(SCC(=O)NCCc2ccc(Cl)cc2)nnc1-c1ccco1. The van der Waals surface area contributed by atoms with Crippen LogP contribution in [0.15, 0.2) is 52.2 Å². The fourth-order valence-corrected chi connectivity index (χ4v) is 3.60. The third-order valence-corrected chi connectivity index (χ3v) is 5.21. The van der Waals surface area contributed by atoms with Crippen molar-refractivity contribution in [1.29, 1.82) is 0 Å². The van der Waals surface area contributed by atoms with Gasteiger partial charge in [-0.25, -0.2) is 0 Å². The van der Waals surface area contributed by atoms with Crippen LogP contribution in [0.4, 0.5) is 0 Å². The number of hydrogen-bond acceptors (Lipinski definition) is 5. The highest BCUT2D eigenvalue weighted by Gasteiger charge is 2.18. The maximum atomic E-state index is 12.2. The highest BCUT2D eigenvalue weighted by Crippen LogP contribution is 2.25. The van der Waals surface area contributed by atoms with E-state index in [0.29, 0.717) is 34.2 Å². The van der Waals surface area contributed by atoms with Gasteiger partial charge >= 0.3 is 0 Å². The summed E-state index contributed by atoms with van der Waals surface area (Å²) in [6.07, 6.45) is 2.38. The standard InChI is InChI=1S/C20H23ClN4O2S/c1-14(2)12-25-19(17-4-3-11-27-17)23-24-20(25)28-13-18(26)22-10-9-15-5-7-16(21)8-6-15/h3-8,11,14H,9-10,12-13H2,1-2H3,(H,22,26). The lowest BCUT2D eigenvalue weighted by molar-refractivity contribution is -0.118. The normalized spacial score (nSPS) is 11.1. The number of halogens is 1. The smallest absolute Gasteiger partial charge is 0.230 e. The first-order chi connectivity index (χ1) is 13.5. The number of carbonyl (C=O) groups is 1. The van der Waals surface area contributed by atoms with Crippen LogP contribution in [0, 0.1) is 5.92 Å². The second kappa shape index (κ2) is 9.80. The molecule has 0 atom stereocenters. The Morgan fingerprint density at radius 1 is 1.25 bits per heavy atom. The summed E-state index contributed by atoms with van der Waals surface area (Å²) in [6.45, 7) is 5.59. The van der Waals surface area contributed by atoms with Crippen molar-refractivity contribution in [2.45, 2.75) is 32.0 Å². The van der Waals surface area contributed by atoms with Gasteiger partial charge in [0, 0.05) is 18.1 Å². The number of amides is 1. The fraction of sp³-hybridized carbons (Fsp3) is 0.350. The van der Waals surface area contributed by atoms with Gasteiger partial charge in [0.1, 0.15) is 0 Å². The molecular weight excluding hydrogens is 396 g/mol. The fourth-order valence-electron chi connectivity index (χ4n) is 2.69. The van der Waals surface area contributed by atoms with Crippen molar-refractivity contribution in [2.75, 3.05) is 12.3 Å². The van der Waals surface area contributed by atoms with E-state index in [-0.39, 0.29) is 11.7 Å². The predicted molar refractivity (Wildman–Crippen MR) is 111 cm³/mol. The van der Waals surface area contributed by atoms with E-state index in [2.05, 4.69) is 29.4 Å². The first-order valence-corrected chi connectivity index (χ1v) is 10.5. The van der Waals surface area contributed by atoms with E-state index in [1.165, 1.54) is 11.8 Å². The summed E-state index contributed by atoms with van der Waals surface area (Å²) in [4.78, 5) is 12.2. The molecule has 0 spiro atoms. The lowest BCUT2D eigenvalue weighted by Gasteiger charge is -2.11. The summed E-state index contributed by atoms with van der Waals surface area (Å²) >= 11 is 7.26. The molecule has 0 aliphatic heterocycles. The Hall–Kier alpha value is -2.25. The highest BCUT2D eigenvalue weighted by atomic mass is 35.5. The molecule has 0 saturated heterocycles. The second-order valence-electron chi connectivity index (χ2n) is 6.80. The monoisotopic (exact) mass is 418 g/mol. The van der Waals surface area contributed by atoms with Gasteiger partial charge in [-0.05, 0) is 42.2 Å². The molecule has 148 valence electrons. The van der Waals surface area contributed by atoms with Crippen molar-refractivity contribution in [3.8, 4) is 11.6 Å². The van der Waals surface area contributed by atoms with Gasteiger partial charge < -0.3 is 9.73 Å². The zero-order chi connectivity index (χ0) is 19.9. The van der Waals surface area contributed by atoms with E-state index < -0.39 is 0 Å². The van der Waals surface area contributed by atoms with Gasteiger partial charge in [-0.1, -0.05) is 49.3 Å². The van der Waals surface area contributed by atoms with Gasteiger partial charge in [0.25, 0.3) is 0 Å². The Labute approximate surface area is 173 Å². The molecule has 1 aromatic carbocycles. The molecule has 0 saturated carbocycles. The zero-order valence-corrected chi connectivity index (χ0v) is 17.5. The maximum Gasteiger partial charge on any atom is 0.230 e. The molecule has 1 amide bonds. The van der Waals surface area contributed by atoms with Gasteiger partial charge in [0.05, 0.1) is 12.0 Å². The molecule has 0 unspecified atom stereocenters. The summed E-state index contributed by atoms with van der Waals surface area (Å²) in [7, 11) is 0. The van der Waals surface area contributed by atoms with Crippen molar-refractivity contribution < 1.29 is 9.21 Å². The minimum atomic E-state index is -0.0300. The van der Waals surface area contributed by atoms with Gasteiger partial charge in [-0.2, -0.15) is 0 Å². The second-order valence-corrected chi connectivity index (χ2v) is 8.18. The Morgan fingerprint density at radius 2 is 2.04 bits per heavy atom. The van der Waals surface area contributed by atoms with E-state index in [0.717, 1.165) is 18.5 Å². The first kappa shape index (κ1) is 20.5. The molecule has 8 heteroatoms. The maximum absolute atomic E-state index is 12.2. The van der Waals surface area contributed by atoms with Crippen molar-refractivity contribution >= 4 is 29.3 Å². The van der Waals surface area contributed by atoms with Crippen molar-refractivity contribution in [2.24, 2.45) is 5.92 Å². The molecule has 3 aromatic rings. The quantitative estimate of drug-likeness (QED) is 0.524. The molecule has 0 aliphatic carbocycles. The molecule has 1 N–H and O–H groups in total. The van der Waals surface area contributed by atoms with Crippen LogP contribution in [-0.2, 0) is 17.8 Å². The largest absolute Gasteiger partial charge is 0.461 e. The van der Waals surface area contributed by atoms with E-state index in [1.807, 2.05) is 41.0 Å². The summed E-state index contributed by atoms with van der Waals surface area (Å²) < 4.78 is 7.47. The van der Waals surface area contributed by atoms with Gasteiger partial charge in [0.2, 0.25) is 5.91 Å². The zero-order valence-electron chi connectivity index (χ0n) is 15.9. The number of thioether (sulfide) groups is 1. The number of carbonyl (C=O) groups excluding carboxylic acids is 1. The number of furan rings is 1. The Kier molecular flexibility index (Phi) is 7.17. The van der Waals surface area contributed by atoms with Gasteiger partial charge in [-0.3, -0.25) is 9.36 Å². The molecule has 0 aliphatic rings. The molecule has 3 rings (SSSR count). The Morgan fingerprint density at radius 3 is 2.71 bits per heavy atom. The highest BCUT2D eigenvalue weighted by molar-refractivity contribution is 7.99. The van der Waals surface area contributed by atoms with Crippen LogP contribution in [0.1, 0.15) is 19.4 Å². The lowest BCUT2D eigenvalue weighted by Crippen LogP contribution is -2.27. The number of nitrogens with zero attached hydrogens (tertiary/aromatic N) is 3. The molecule has 0 radical (unpaired) electrons. The summed E-state index contributed by atoms with van der Waals surface area (Å²) in [5, 5.41) is 12.9. The average Bonchev–Trinajstić information content (AvgIpc) is 3.31. The van der Waals surface area contributed by atoms with Gasteiger partial charge in [-0.15, -0.1) is 10.2 Å². The lowest BCUT2D eigenvalue weighted by atomic mass is 10.1. The van der Waals surface area contributed by atoms with Crippen LogP contribution in [0.2, 0.25) is 5.02 Å².